The number of nitrogens with zero attached hydrogens (tertiary/aromatic N) is 1. The molecule has 1 unspecified atom stereocenters. The van der Waals surface area contributed by atoms with Crippen LogP contribution in [-0.2, 0) is 6.42 Å². The summed E-state index contributed by atoms with van der Waals surface area (Å²) in [4.78, 5) is 4.36. The molecule has 1 N–H and O–H groups in total. The summed E-state index contributed by atoms with van der Waals surface area (Å²) in [6, 6.07) is 9.14. The highest BCUT2D eigenvalue weighted by Crippen LogP contribution is 2.22. The molecule has 0 aliphatic heterocycles. The van der Waals surface area contributed by atoms with E-state index in [1.807, 2.05) is 19.2 Å². The van der Waals surface area contributed by atoms with E-state index in [0.717, 1.165) is 36.2 Å². The number of aryl methyl sites for hydroxylation is 1. The first-order valence-electron chi connectivity index (χ1n) is 7.20. The maximum absolute atomic E-state index is 13.2. The minimum Gasteiger partial charge on any atom is -0.310 e. The van der Waals surface area contributed by atoms with Gasteiger partial charge in [0.1, 0.15) is 5.82 Å². The fourth-order valence-electron chi connectivity index (χ4n) is 2.21. The van der Waals surface area contributed by atoms with E-state index in [1.165, 1.54) is 6.07 Å². The van der Waals surface area contributed by atoms with E-state index < -0.39 is 0 Å². The van der Waals surface area contributed by atoms with Crippen molar-refractivity contribution in [2.24, 2.45) is 0 Å². The fraction of sp³-hybridized carbons (Fsp3) is 0.353. The number of hydrogen-bond acceptors (Lipinski definition) is 2. The zero-order valence-electron chi connectivity index (χ0n) is 12.4. The standard InChI is InChI=1S/C17H20ClFN2/c1-3-8-20-17(14-6-4-12(2)21-11-14)10-13-5-7-16(19)15(18)9-13/h4-7,9,11,17,20H,3,8,10H2,1-2H3. The van der Waals surface area contributed by atoms with E-state index in [4.69, 9.17) is 11.6 Å². The Kier molecular flexibility index (Phi) is 5.71. The molecule has 0 bridgehead atoms. The zero-order chi connectivity index (χ0) is 15.2. The number of hydrogen-bond donors (Lipinski definition) is 1. The Bertz CT molecular complexity index is 584. The van der Waals surface area contributed by atoms with Crippen molar-refractivity contribution in [2.45, 2.75) is 32.7 Å². The van der Waals surface area contributed by atoms with Crippen LogP contribution in [0.15, 0.2) is 36.5 Å². The third kappa shape index (κ3) is 4.51. The van der Waals surface area contributed by atoms with Crippen molar-refractivity contribution < 1.29 is 4.39 Å². The minimum absolute atomic E-state index is 0.152. The molecule has 1 aromatic heterocycles. The third-order valence-corrected chi connectivity index (χ3v) is 3.69. The molecule has 2 nitrogen and oxygen atoms in total. The molecule has 0 saturated carbocycles. The topological polar surface area (TPSA) is 24.9 Å². The highest BCUT2D eigenvalue weighted by Gasteiger charge is 2.13. The van der Waals surface area contributed by atoms with Crippen LogP contribution in [0.2, 0.25) is 5.02 Å². The number of halogens is 2. The highest BCUT2D eigenvalue weighted by molar-refractivity contribution is 6.30. The van der Waals surface area contributed by atoms with Crippen molar-refractivity contribution in [3.63, 3.8) is 0 Å². The minimum atomic E-state index is -0.379. The molecule has 1 aromatic carbocycles. The van der Waals surface area contributed by atoms with Crippen molar-refractivity contribution in [3.8, 4) is 0 Å². The second-order valence-electron chi connectivity index (χ2n) is 5.19. The van der Waals surface area contributed by atoms with Crippen LogP contribution in [0.3, 0.4) is 0 Å². The lowest BCUT2D eigenvalue weighted by Gasteiger charge is -2.19. The summed E-state index contributed by atoms with van der Waals surface area (Å²) in [5.74, 6) is -0.379. The summed E-state index contributed by atoms with van der Waals surface area (Å²) in [6.45, 7) is 5.03. The van der Waals surface area contributed by atoms with Gasteiger partial charge in [0.05, 0.1) is 5.02 Å². The molecule has 21 heavy (non-hydrogen) atoms. The molecule has 0 aliphatic carbocycles. The van der Waals surface area contributed by atoms with Gasteiger partial charge in [-0.2, -0.15) is 0 Å². The first-order valence-corrected chi connectivity index (χ1v) is 7.57. The second-order valence-corrected chi connectivity index (χ2v) is 5.60. The molecule has 2 aromatic rings. The summed E-state index contributed by atoms with van der Waals surface area (Å²) in [5.41, 5.74) is 3.14. The van der Waals surface area contributed by atoms with Crippen molar-refractivity contribution in [3.05, 3.63) is 64.2 Å². The van der Waals surface area contributed by atoms with Gasteiger partial charge in [0.25, 0.3) is 0 Å². The summed E-state index contributed by atoms with van der Waals surface area (Å²) < 4.78 is 13.2. The predicted octanol–water partition coefficient (Wildman–Crippen LogP) is 4.47. The summed E-state index contributed by atoms with van der Waals surface area (Å²) in [7, 11) is 0. The van der Waals surface area contributed by atoms with Crippen LogP contribution in [-0.4, -0.2) is 11.5 Å². The molecule has 1 heterocycles. The molecule has 0 amide bonds. The van der Waals surface area contributed by atoms with Gasteiger partial charge in [-0.15, -0.1) is 0 Å². The Morgan fingerprint density at radius 3 is 2.71 bits per heavy atom. The Hall–Kier alpha value is -1.45. The lowest BCUT2D eigenvalue weighted by atomic mass is 9.99. The monoisotopic (exact) mass is 306 g/mol. The first-order chi connectivity index (χ1) is 10.1. The normalized spacial score (nSPS) is 12.4. The van der Waals surface area contributed by atoms with Gasteiger partial charge >= 0.3 is 0 Å². The van der Waals surface area contributed by atoms with Gasteiger partial charge in [-0.05, 0) is 55.6 Å². The average Bonchev–Trinajstić information content (AvgIpc) is 2.48. The van der Waals surface area contributed by atoms with E-state index in [1.54, 1.807) is 12.1 Å². The van der Waals surface area contributed by atoms with Gasteiger partial charge in [-0.25, -0.2) is 4.39 Å². The van der Waals surface area contributed by atoms with Gasteiger partial charge in [0, 0.05) is 17.9 Å². The van der Waals surface area contributed by atoms with Crippen LogP contribution in [0.1, 0.15) is 36.2 Å². The molecule has 2 rings (SSSR count). The molecular weight excluding hydrogens is 287 g/mol. The Morgan fingerprint density at radius 1 is 1.29 bits per heavy atom. The number of nitrogens with one attached hydrogen (secondary N) is 1. The van der Waals surface area contributed by atoms with E-state index in [-0.39, 0.29) is 16.9 Å². The van der Waals surface area contributed by atoms with Crippen LogP contribution in [0.5, 0.6) is 0 Å². The number of pyridine rings is 1. The summed E-state index contributed by atoms with van der Waals surface area (Å²) in [6.07, 6.45) is 3.71. The lowest BCUT2D eigenvalue weighted by molar-refractivity contribution is 0.527. The van der Waals surface area contributed by atoms with Crippen LogP contribution in [0.4, 0.5) is 4.39 Å². The smallest absolute Gasteiger partial charge is 0.141 e. The van der Waals surface area contributed by atoms with Crippen molar-refractivity contribution in [2.75, 3.05) is 6.54 Å². The van der Waals surface area contributed by atoms with Gasteiger partial charge in [-0.3, -0.25) is 4.98 Å². The molecule has 4 heteroatoms. The largest absolute Gasteiger partial charge is 0.310 e. The third-order valence-electron chi connectivity index (χ3n) is 3.40. The quantitative estimate of drug-likeness (QED) is 0.852. The zero-order valence-corrected chi connectivity index (χ0v) is 13.1. The van der Waals surface area contributed by atoms with E-state index in [0.29, 0.717) is 0 Å². The second kappa shape index (κ2) is 7.53. The predicted molar refractivity (Wildman–Crippen MR) is 85.1 cm³/mol. The first kappa shape index (κ1) is 15.9. The maximum atomic E-state index is 13.2. The molecular formula is C17H20ClFN2. The molecule has 0 aliphatic rings. The van der Waals surface area contributed by atoms with E-state index in [2.05, 4.69) is 23.3 Å². The van der Waals surface area contributed by atoms with Crippen LogP contribution >= 0.6 is 11.6 Å². The van der Waals surface area contributed by atoms with Crippen molar-refractivity contribution >= 4 is 11.6 Å². The van der Waals surface area contributed by atoms with Gasteiger partial charge in [0.15, 0.2) is 0 Å². The van der Waals surface area contributed by atoms with Crippen LogP contribution < -0.4 is 5.32 Å². The molecule has 0 spiro atoms. The molecule has 0 saturated heterocycles. The lowest BCUT2D eigenvalue weighted by Crippen LogP contribution is -2.24. The molecule has 0 radical (unpaired) electrons. The fourth-order valence-corrected chi connectivity index (χ4v) is 2.42. The van der Waals surface area contributed by atoms with Gasteiger partial charge in [-0.1, -0.05) is 30.7 Å². The van der Waals surface area contributed by atoms with Crippen molar-refractivity contribution in [1.82, 2.24) is 10.3 Å². The number of benzene rings is 1. The van der Waals surface area contributed by atoms with Gasteiger partial charge < -0.3 is 5.32 Å². The van der Waals surface area contributed by atoms with Crippen LogP contribution in [0, 0.1) is 12.7 Å². The maximum Gasteiger partial charge on any atom is 0.141 e. The Balaban J connectivity index is 2.19. The summed E-state index contributed by atoms with van der Waals surface area (Å²) >= 11 is 5.86. The number of rotatable bonds is 6. The Morgan fingerprint density at radius 2 is 2.10 bits per heavy atom. The van der Waals surface area contributed by atoms with E-state index in [9.17, 15) is 4.39 Å². The van der Waals surface area contributed by atoms with Crippen LogP contribution in [0.25, 0.3) is 0 Å². The van der Waals surface area contributed by atoms with Crippen molar-refractivity contribution in [1.29, 1.82) is 0 Å². The summed E-state index contributed by atoms with van der Waals surface area (Å²) in [5, 5.41) is 3.68. The number of aromatic nitrogens is 1. The van der Waals surface area contributed by atoms with E-state index >= 15 is 0 Å². The SMILES string of the molecule is CCCNC(Cc1ccc(F)c(Cl)c1)c1ccc(C)nc1. The average molecular weight is 307 g/mol. The molecule has 1 atom stereocenters. The molecule has 0 fully saturated rings. The molecule has 112 valence electrons. The Labute approximate surface area is 130 Å². The van der Waals surface area contributed by atoms with Gasteiger partial charge in [0.2, 0.25) is 0 Å². The highest BCUT2D eigenvalue weighted by atomic mass is 35.5.